The first-order valence-corrected chi connectivity index (χ1v) is 16.8. The summed E-state index contributed by atoms with van der Waals surface area (Å²) in [4.78, 5) is 17.0. The second kappa shape index (κ2) is 5.37. The molecule has 0 N–H and O–H groups in total. The first-order valence-electron chi connectivity index (χ1n) is 6.79. The molecule has 0 radical (unpaired) electrons. The third kappa shape index (κ3) is 3.38. The number of hydrogen-bond donors (Lipinski definition) is 0. The zero-order valence-electron chi connectivity index (χ0n) is 12.3. The Labute approximate surface area is 115 Å². The van der Waals surface area contributed by atoms with E-state index in [9.17, 15) is 0 Å². The van der Waals surface area contributed by atoms with Crippen LogP contribution >= 0.6 is 0 Å². The molecule has 100 valence electrons. The van der Waals surface area contributed by atoms with Crippen molar-refractivity contribution in [2.45, 2.75) is 21.7 Å². The van der Waals surface area contributed by atoms with Gasteiger partial charge in [0.2, 0.25) is 0 Å². The van der Waals surface area contributed by atoms with Gasteiger partial charge in [-0.2, -0.15) is 0 Å². The van der Waals surface area contributed by atoms with Crippen LogP contribution in [0.4, 0.5) is 5.82 Å². The fourth-order valence-electron chi connectivity index (χ4n) is 2.28. The molecule has 1 aromatic rings. The summed E-state index contributed by atoms with van der Waals surface area (Å²) in [7, 11) is 2.19. The maximum absolute atomic E-state index is 4.74. The van der Waals surface area contributed by atoms with Crippen LogP contribution in [0.1, 0.15) is 5.69 Å². The van der Waals surface area contributed by atoms with Crippen molar-refractivity contribution in [3.05, 3.63) is 17.8 Å². The van der Waals surface area contributed by atoms with Gasteiger partial charge in [0.05, 0.1) is 0 Å². The molecule has 2 rings (SSSR count). The molecule has 1 aliphatic heterocycles. The summed E-state index contributed by atoms with van der Waals surface area (Å²) in [5.74, 6) is 1.20. The van der Waals surface area contributed by atoms with Gasteiger partial charge in [-0.3, -0.25) is 0 Å². The third-order valence-electron chi connectivity index (χ3n) is 3.63. The fraction of sp³-hybridized carbons (Fsp3) is 0.643. The van der Waals surface area contributed by atoms with Crippen LogP contribution in [0.2, 0.25) is 14.8 Å². The van der Waals surface area contributed by atoms with Gasteiger partial charge in [-0.15, -0.1) is 0 Å². The van der Waals surface area contributed by atoms with Crippen molar-refractivity contribution in [1.29, 1.82) is 0 Å². The van der Waals surface area contributed by atoms with E-state index < -0.39 is 18.4 Å². The predicted molar refractivity (Wildman–Crippen MR) is 81.7 cm³/mol. The Kier molecular flexibility index (Phi) is 4.21. The number of piperazine rings is 1. The minimum atomic E-state index is -1.99. The maximum atomic E-state index is 4.74. The molecule has 0 atom stereocenters. The quantitative estimate of drug-likeness (QED) is 0.754. The van der Waals surface area contributed by atoms with Gasteiger partial charge in [-0.1, -0.05) is 0 Å². The number of hydrogen-bond acceptors (Lipinski definition) is 3. The van der Waals surface area contributed by atoms with E-state index in [1.165, 1.54) is 11.5 Å². The molecule has 3 nitrogen and oxygen atoms in total. The number of likely N-dealkylation sites (N-methyl/N-ethyl adjacent to an activating group) is 1. The van der Waals surface area contributed by atoms with Crippen LogP contribution in [0.5, 0.6) is 0 Å². The summed E-state index contributed by atoms with van der Waals surface area (Å²) >= 11 is -1.99. The molecule has 1 aromatic heterocycles. The number of anilines is 1. The molecule has 0 amide bonds. The summed E-state index contributed by atoms with van der Waals surface area (Å²) < 4.78 is 1.59. The first-order chi connectivity index (χ1) is 8.36. The van der Waals surface area contributed by atoms with Gasteiger partial charge in [-0.25, -0.2) is 0 Å². The normalized spacial score (nSPS) is 18.2. The average molecular weight is 354 g/mol. The Morgan fingerprint density at radius 3 is 2.22 bits per heavy atom. The summed E-state index contributed by atoms with van der Waals surface area (Å²) in [5.41, 5.74) is 1.17. The van der Waals surface area contributed by atoms with Crippen LogP contribution in [0.25, 0.3) is 0 Å². The van der Waals surface area contributed by atoms with Gasteiger partial charge in [0.15, 0.2) is 0 Å². The predicted octanol–water partition coefficient (Wildman–Crippen LogP) is 1.69. The Balaban J connectivity index is 2.25. The van der Waals surface area contributed by atoms with Crippen molar-refractivity contribution in [2.75, 3.05) is 38.1 Å². The molecule has 0 unspecified atom stereocenters. The number of rotatable bonds is 2. The number of aryl methyl sites for hydroxylation is 1. The molecular weight excluding hydrogens is 329 g/mol. The van der Waals surface area contributed by atoms with Crippen LogP contribution in [0, 0.1) is 6.92 Å². The Bertz CT molecular complexity index is 418. The molecule has 1 saturated heterocycles. The number of nitrogens with zero attached hydrogens (tertiary/aromatic N) is 3. The molecule has 0 bridgehead atoms. The summed E-state index contributed by atoms with van der Waals surface area (Å²) in [5, 5.41) is 0. The molecule has 0 saturated carbocycles. The van der Waals surface area contributed by atoms with E-state index in [4.69, 9.17) is 4.98 Å². The molecule has 18 heavy (non-hydrogen) atoms. The second-order valence-electron chi connectivity index (χ2n) is 6.40. The fourth-order valence-corrected chi connectivity index (χ4v) is 5.72. The Morgan fingerprint density at radius 1 is 1.06 bits per heavy atom. The van der Waals surface area contributed by atoms with Gasteiger partial charge >= 0.3 is 115 Å². The molecular formula is C14H25N3Sn. The van der Waals surface area contributed by atoms with Crippen LogP contribution in [0.3, 0.4) is 0 Å². The van der Waals surface area contributed by atoms with Crippen LogP contribution in [-0.2, 0) is 0 Å². The van der Waals surface area contributed by atoms with Gasteiger partial charge < -0.3 is 0 Å². The van der Waals surface area contributed by atoms with Gasteiger partial charge in [-0.05, 0) is 0 Å². The molecule has 1 fully saturated rings. The van der Waals surface area contributed by atoms with Crippen molar-refractivity contribution < 1.29 is 0 Å². The van der Waals surface area contributed by atoms with Crippen molar-refractivity contribution in [3.8, 4) is 0 Å². The van der Waals surface area contributed by atoms with Crippen LogP contribution in [0.15, 0.2) is 12.1 Å². The van der Waals surface area contributed by atoms with E-state index >= 15 is 0 Å². The molecule has 0 aliphatic carbocycles. The van der Waals surface area contributed by atoms with Crippen molar-refractivity contribution in [3.63, 3.8) is 0 Å². The summed E-state index contributed by atoms with van der Waals surface area (Å²) in [6.07, 6.45) is 0. The number of pyridine rings is 1. The van der Waals surface area contributed by atoms with E-state index in [2.05, 4.69) is 50.7 Å². The topological polar surface area (TPSA) is 19.4 Å². The third-order valence-corrected chi connectivity index (χ3v) is 9.40. The van der Waals surface area contributed by atoms with Crippen molar-refractivity contribution >= 4 is 27.8 Å². The summed E-state index contributed by atoms with van der Waals surface area (Å²) in [6, 6.07) is 4.66. The van der Waals surface area contributed by atoms with E-state index in [-0.39, 0.29) is 0 Å². The van der Waals surface area contributed by atoms with Crippen molar-refractivity contribution in [1.82, 2.24) is 9.88 Å². The molecule has 2 heterocycles. The monoisotopic (exact) mass is 355 g/mol. The second-order valence-corrected chi connectivity index (χ2v) is 20.9. The van der Waals surface area contributed by atoms with Crippen LogP contribution < -0.4 is 8.48 Å². The zero-order chi connectivity index (χ0) is 13.3. The molecule has 1 aliphatic rings. The minimum absolute atomic E-state index is 1.10. The van der Waals surface area contributed by atoms with Gasteiger partial charge in [0.25, 0.3) is 0 Å². The Morgan fingerprint density at radius 2 is 1.67 bits per heavy atom. The van der Waals surface area contributed by atoms with Gasteiger partial charge in [0, 0.05) is 0 Å². The van der Waals surface area contributed by atoms with Gasteiger partial charge in [0.1, 0.15) is 0 Å². The van der Waals surface area contributed by atoms with E-state index in [0.29, 0.717) is 0 Å². The zero-order valence-corrected chi connectivity index (χ0v) is 15.2. The molecule has 0 spiro atoms. The van der Waals surface area contributed by atoms with E-state index in [0.717, 1.165) is 26.2 Å². The average Bonchev–Trinajstić information content (AvgIpc) is 2.28. The Hall–Kier alpha value is -0.291. The van der Waals surface area contributed by atoms with Crippen LogP contribution in [-0.4, -0.2) is 61.5 Å². The molecule has 4 heteroatoms. The van der Waals surface area contributed by atoms with E-state index in [1.54, 1.807) is 3.58 Å². The van der Waals surface area contributed by atoms with Crippen molar-refractivity contribution in [2.24, 2.45) is 0 Å². The van der Waals surface area contributed by atoms with E-state index in [1.807, 2.05) is 0 Å². The number of aromatic nitrogens is 1. The first kappa shape index (κ1) is 14.1. The summed E-state index contributed by atoms with van der Waals surface area (Å²) in [6.45, 7) is 6.62. The standard InChI is InChI=1S/C11H16N3.3CH3.Sn/c1-10-4-3-5-11(12-10)14-8-6-13(2)7-9-14;;;;/h4-5H,6-9H2,1-2H3;3*1H3;. The molecule has 0 aromatic carbocycles. The SMILES string of the molecule is Cc1c[c]([Sn]([CH3])([CH3])[CH3])cc(N2CCN(C)CC2)n1.